The number of nitrogens with one attached hydrogen (secondary N) is 2. The van der Waals surface area contributed by atoms with Gasteiger partial charge in [-0.15, -0.1) is 0 Å². The van der Waals surface area contributed by atoms with E-state index < -0.39 is 18.5 Å². The lowest BCUT2D eigenvalue weighted by Crippen LogP contribution is -2.21. The molecule has 3 aromatic carbocycles. The molecule has 0 radical (unpaired) electrons. The van der Waals surface area contributed by atoms with Crippen molar-refractivity contribution in [3.8, 4) is 0 Å². The second kappa shape index (κ2) is 8.83. The van der Waals surface area contributed by atoms with Crippen molar-refractivity contribution in [2.45, 2.75) is 6.92 Å². The summed E-state index contributed by atoms with van der Waals surface area (Å²) in [5.41, 5.74) is 1.15. The summed E-state index contributed by atoms with van der Waals surface area (Å²) in [7, 11) is 0. The molecule has 0 spiro atoms. The minimum absolute atomic E-state index is 0.191. The molecule has 0 aliphatic carbocycles. The number of esters is 1. The zero-order valence-corrected chi connectivity index (χ0v) is 17.1. The van der Waals surface area contributed by atoms with E-state index in [0.29, 0.717) is 11.4 Å². The first-order valence-electron chi connectivity index (χ1n) is 8.45. The monoisotopic (exact) mass is 488 g/mol. The van der Waals surface area contributed by atoms with E-state index in [4.69, 9.17) is 4.74 Å². The number of amides is 2. The topological polar surface area (TPSA) is 84.5 Å². The average Bonchev–Trinajstić information content (AvgIpc) is 2.67. The first-order chi connectivity index (χ1) is 13.4. The Bertz CT molecular complexity index is 1050. The molecule has 142 valence electrons. The Labute approximate surface area is 175 Å². The van der Waals surface area contributed by atoms with Gasteiger partial charge in [0.05, 0.1) is 11.3 Å². The molecule has 6 nitrogen and oxygen atoms in total. The highest BCUT2D eigenvalue weighted by Crippen LogP contribution is 2.25. The van der Waals surface area contributed by atoms with Crippen molar-refractivity contribution < 1.29 is 19.1 Å². The van der Waals surface area contributed by atoms with E-state index in [9.17, 15) is 14.4 Å². The lowest BCUT2D eigenvalue weighted by molar-refractivity contribution is -0.119. The predicted octanol–water partition coefficient (Wildman–Crippen LogP) is 4.20. The summed E-state index contributed by atoms with van der Waals surface area (Å²) in [6.07, 6.45) is 0. The first-order valence-corrected chi connectivity index (χ1v) is 9.53. The molecule has 0 aliphatic rings. The van der Waals surface area contributed by atoms with Crippen LogP contribution < -0.4 is 10.6 Å². The van der Waals surface area contributed by atoms with Gasteiger partial charge in [0.15, 0.2) is 6.61 Å². The minimum Gasteiger partial charge on any atom is -0.452 e. The third-order valence-electron chi connectivity index (χ3n) is 3.88. The summed E-state index contributed by atoms with van der Waals surface area (Å²) >= 11 is 2.17. The number of rotatable bonds is 5. The van der Waals surface area contributed by atoms with Crippen LogP contribution in [0.1, 0.15) is 17.3 Å². The van der Waals surface area contributed by atoms with Crippen LogP contribution in [0, 0.1) is 3.57 Å². The smallest absolute Gasteiger partial charge is 0.340 e. The second-order valence-electron chi connectivity index (χ2n) is 6.06. The zero-order chi connectivity index (χ0) is 20.1. The van der Waals surface area contributed by atoms with Crippen molar-refractivity contribution >= 4 is 62.5 Å². The molecule has 0 saturated heterocycles. The van der Waals surface area contributed by atoms with E-state index in [1.165, 1.54) is 6.92 Å². The molecule has 2 amide bonds. The molecule has 0 heterocycles. The maximum atomic E-state index is 12.5. The lowest BCUT2D eigenvalue weighted by Gasteiger charge is -2.12. The van der Waals surface area contributed by atoms with Gasteiger partial charge in [-0.25, -0.2) is 4.79 Å². The predicted molar refractivity (Wildman–Crippen MR) is 116 cm³/mol. The fraction of sp³-hybridized carbons (Fsp3) is 0.0952. The summed E-state index contributed by atoms with van der Waals surface area (Å²) in [6, 6.07) is 18.0. The first kappa shape index (κ1) is 19.8. The molecule has 3 aromatic rings. The molecule has 0 atom stereocenters. The molecule has 0 aliphatic heterocycles. The highest BCUT2D eigenvalue weighted by atomic mass is 127. The summed E-state index contributed by atoms with van der Waals surface area (Å²) in [4.78, 5) is 36.1. The SMILES string of the molecule is CC(=O)Nc1cc2ccccc2cc1C(=O)OCC(=O)Nc1ccc(I)cc1. The fourth-order valence-corrected chi connectivity index (χ4v) is 3.00. The van der Waals surface area contributed by atoms with Gasteiger partial charge in [0.2, 0.25) is 5.91 Å². The van der Waals surface area contributed by atoms with Crippen LogP contribution in [-0.2, 0) is 14.3 Å². The second-order valence-corrected chi connectivity index (χ2v) is 7.30. The molecule has 0 saturated carbocycles. The Kier molecular flexibility index (Phi) is 6.25. The molecular formula is C21H17IN2O4. The molecule has 2 N–H and O–H groups in total. The maximum Gasteiger partial charge on any atom is 0.340 e. The number of benzene rings is 3. The van der Waals surface area contributed by atoms with Gasteiger partial charge in [-0.05, 0) is 69.8 Å². The van der Waals surface area contributed by atoms with Crippen LogP contribution in [-0.4, -0.2) is 24.4 Å². The Hall–Kier alpha value is -2.94. The van der Waals surface area contributed by atoms with E-state index in [0.717, 1.165) is 14.3 Å². The normalized spacial score (nSPS) is 10.4. The number of hydrogen-bond donors (Lipinski definition) is 2. The summed E-state index contributed by atoms with van der Waals surface area (Å²) in [5, 5.41) is 7.00. The fourth-order valence-electron chi connectivity index (χ4n) is 2.64. The van der Waals surface area contributed by atoms with Crippen LogP contribution in [0.3, 0.4) is 0 Å². The number of carbonyl (C=O) groups excluding carboxylic acids is 3. The van der Waals surface area contributed by atoms with Gasteiger partial charge in [0.25, 0.3) is 5.91 Å². The molecule has 0 aromatic heterocycles. The largest absolute Gasteiger partial charge is 0.452 e. The summed E-state index contributed by atoms with van der Waals surface area (Å²) < 4.78 is 6.20. The molecule has 0 unspecified atom stereocenters. The standard InChI is InChI=1S/C21H17IN2O4/c1-13(25)23-19-11-15-5-3-2-4-14(15)10-18(19)21(27)28-12-20(26)24-17-8-6-16(22)7-9-17/h2-11H,12H2,1H3,(H,23,25)(H,24,26). The van der Waals surface area contributed by atoms with Gasteiger partial charge in [-0.1, -0.05) is 24.3 Å². The number of ether oxygens (including phenoxy) is 1. The quantitative estimate of drug-likeness (QED) is 0.417. The minimum atomic E-state index is -0.688. The molecule has 0 bridgehead atoms. The molecular weight excluding hydrogens is 471 g/mol. The number of anilines is 2. The third kappa shape index (κ3) is 5.07. The average molecular weight is 488 g/mol. The number of hydrogen-bond acceptors (Lipinski definition) is 4. The van der Waals surface area contributed by atoms with Crippen LogP contribution in [0.5, 0.6) is 0 Å². The summed E-state index contributed by atoms with van der Waals surface area (Å²) in [6.45, 7) is 0.927. The van der Waals surface area contributed by atoms with Crippen LogP contribution in [0.2, 0.25) is 0 Å². The van der Waals surface area contributed by atoms with Crippen LogP contribution in [0.4, 0.5) is 11.4 Å². The lowest BCUT2D eigenvalue weighted by atomic mass is 10.0. The van der Waals surface area contributed by atoms with Crippen molar-refractivity contribution in [1.82, 2.24) is 0 Å². The van der Waals surface area contributed by atoms with Gasteiger partial charge < -0.3 is 15.4 Å². The Morgan fingerprint density at radius 2 is 1.57 bits per heavy atom. The highest BCUT2D eigenvalue weighted by Gasteiger charge is 2.17. The van der Waals surface area contributed by atoms with Gasteiger partial charge in [-0.3, -0.25) is 9.59 Å². The molecule has 3 rings (SSSR count). The summed E-state index contributed by atoms with van der Waals surface area (Å²) in [5.74, 6) is -1.44. The third-order valence-corrected chi connectivity index (χ3v) is 4.60. The van der Waals surface area contributed by atoms with E-state index >= 15 is 0 Å². The van der Waals surface area contributed by atoms with Crippen LogP contribution >= 0.6 is 22.6 Å². The van der Waals surface area contributed by atoms with Gasteiger partial charge in [-0.2, -0.15) is 0 Å². The molecule has 0 fully saturated rings. The van der Waals surface area contributed by atoms with Gasteiger partial charge >= 0.3 is 5.97 Å². The van der Waals surface area contributed by atoms with Crippen LogP contribution in [0.15, 0.2) is 60.7 Å². The van der Waals surface area contributed by atoms with Crippen molar-refractivity contribution in [3.05, 3.63) is 69.8 Å². The number of fused-ring (bicyclic) bond motifs is 1. The molecule has 7 heteroatoms. The van der Waals surface area contributed by atoms with E-state index in [-0.39, 0.29) is 11.5 Å². The maximum absolute atomic E-state index is 12.5. The Morgan fingerprint density at radius 1 is 0.929 bits per heavy atom. The van der Waals surface area contributed by atoms with E-state index in [1.807, 2.05) is 36.4 Å². The van der Waals surface area contributed by atoms with Gasteiger partial charge in [0.1, 0.15) is 0 Å². The highest BCUT2D eigenvalue weighted by molar-refractivity contribution is 14.1. The number of carbonyl (C=O) groups is 3. The van der Waals surface area contributed by atoms with Crippen molar-refractivity contribution in [3.63, 3.8) is 0 Å². The van der Waals surface area contributed by atoms with Gasteiger partial charge in [0, 0.05) is 16.2 Å². The Balaban J connectivity index is 1.73. The van der Waals surface area contributed by atoms with E-state index in [1.54, 1.807) is 24.3 Å². The Morgan fingerprint density at radius 3 is 2.21 bits per heavy atom. The number of halogens is 1. The van der Waals surface area contributed by atoms with Crippen molar-refractivity contribution in [2.75, 3.05) is 17.2 Å². The van der Waals surface area contributed by atoms with Crippen molar-refractivity contribution in [2.24, 2.45) is 0 Å². The van der Waals surface area contributed by atoms with Crippen LogP contribution in [0.25, 0.3) is 10.8 Å². The van der Waals surface area contributed by atoms with E-state index in [2.05, 4.69) is 33.2 Å². The zero-order valence-electron chi connectivity index (χ0n) is 15.0. The van der Waals surface area contributed by atoms with Crippen molar-refractivity contribution in [1.29, 1.82) is 0 Å². The molecule has 28 heavy (non-hydrogen) atoms.